The average molecular weight is 430 g/mol. The first-order valence-electron chi connectivity index (χ1n) is 11.1. The monoisotopic (exact) mass is 429 g/mol. The van der Waals surface area contributed by atoms with E-state index >= 15 is 0 Å². The molecule has 31 heavy (non-hydrogen) atoms. The highest BCUT2D eigenvalue weighted by molar-refractivity contribution is 5.84. The fourth-order valence-corrected chi connectivity index (χ4v) is 5.25. The Labute approximate surface area is 183 Å². The Morgan fingerprint density at radius 3 is 2.35 bits per heavy atom. The van der Waals surface area contributed by atoms with Gasteiger partial charge in [-0.3, -0.25) is 4.79 Å². The number of benzene rings is 1. The van der Waals surface area contributed by atoms with Gasteiger partial charge in [0.05, 0.1) is 16.7 Å². The highest BCUT2D eigenvalue weighted by Crippen LogP contribution is 2.58. The highest BCUT2D eigenvalue weighted by atomic mass is 19.1. The van der Waals surface area contributed by atoms with Crippen LogP contribution in [0.5, 0.6) is 0 Å². The minimum atomic E-state index is -0.696. The number of rotatable bonds is 6. The minimum Gasteiger partial charge on any atom is -0.353 e. The van der Waals surface area contributed by atoms with Crippen LogP contribution < -0.4 is 5.32 Å². The quantitative estimate of drug-likeness (QED) is 0.410. The maximum Gasteiger partial charge on any atom is 0.226 e. The lowest BCUT2D eigenvalue weighted by Gasteiger charge is -2.41. The Morgan fingerprint density at radius 1 is 1.16 bits per heavy atom. The molecule has 0 heterocycles. The molecule has 1 N–H and O–H groups in total. The molecule has 1 aromatic carbocycles. The number of carbonyl (C=O) groups is 1. The Morgan fingerprint density at radius 2 is 1.77 bits per heavy atom. The van der Waals surface area contributed by atoms with E-state index in [1.165, 1.54) is 25.2 Å². The Hall–Kier alpha value is -2.37. The van der Waals surface area contributed by atoms with E-state index in [0.29, 0.717) is 5.57 Å². The molecule has 0 aromatic heterocycles. The fourth-order valence-electron chi connectivity index (χ4n) is 5.25. The molecule has 2 aliphatic rings. The Bertz CT molecular complexity index is 895. The van der Waals surface area contributed by atoms with Crippen molar-refractivity contribution in [2.45, 2.75) is 65.3 Å². The van der Waals surface area contributed by atoms with Gasteiger partial charge in [0.25, 0.3) is 0 Å². The summed E-state index contributed by atoms with van der Waals surface area (Å²) in [7, 11) is 1.46. The zero-order chi connectivity index (χ0) is 22.8. The summed E-state index contributed by atoms with van der Waals surface area (Å²) in [5, 5.41) is 11.0. The number of nitrogens with zero attached hydrogens (tertiary/aromatic N) is 2. The number of allylic oxidation sites excluding steroid dienone is 2. The van der Waals surface area contributed by atoms with Crippen molar-refractivity contribution in [2.24, 2.45) is 27.0 Å². The van der Waals surface area contributed by atoms with Gasteiger partial charge in [-0.15, -0.1) is 0 Å². The van der Waals surface area contributed by atoms with Crippen LogP contribution in [0.3, 0.4) is 0 Å². The normalized spacial score (nSPS) is 26.5. The van der Waals surface area contributed by atoms with Crippen molar-refractivity contribution in [1.29, 1.82) is 0 Å². The van der Waals surface area contributed by atoms with E-state index in [9.17, 15) is 13.6 Å². The van der Waals surface area contributed by atoms with Gasteiger partial charge in [-0.05, 0) is 60.8 Å². The van der Waals surface area contributed by atoms with Crippen molar-refractivity contribution in [3.05, 3.63) is 53.6 Å². The molecule has 0 aliphatic heterocycles. The third kappa shape index (κ3) is 4.35. The second-order valence-electron chi connectivity index (χ2n) is 9.60. The van der Waals surface area contributed by atoms with E-state index in [1.807, 2.05) is 6.92 Å². The van der Waals surface area contributed by atoms with Crippen LogP contribution in [-0.2, 0) is 4.79 Å². The summed E-state index contributed by atoms with van der Waals surface area (Å²) in [5.41, 5.74) is -0.347. The number of carbonyl (C=O) groups excluding carboxylic acids is 1. The second-order valence-corrected chi connectivity index (χ2v) is 9.60. The molecule has 2 fully saturated rings. The van der Waals surface area contributed by atoms with Gasteiger partial charge in [0.1, 0.15) is 11.6 Å². The van der Waals surface area contributed by atoms with Crippen molar-refractivity contribution < 1.29 is 13.6 Å². The summed E-state index contributed by atoms with van der Waals surface area (Å²) < 4.78 is 28.7. The summed E-state index contributed by atoms with van der Waals surface area (Å²) in [6.07, 6.45) is 7.53. The molecule has 6 heteroatoms. The van der Waals surface area contributed by atoms with Crippen LogP contribution in [0.15, 0.2) is 46.7 Å². The van der Waals surface area contributed by atoms with Crippen LogP contribution in [0.25, 0.3) is 5.70 Å². The number of azo groups is 1. The molecular weight excluding hydrogens is 396 g/mol. The van der Waals surface area contributed by atoms with Gasteiger partial charge in [0.2, 0.25) is 5.91 Å². The van der Waals surface area contributed by atoms with Crippen molar-refractivity contribution in [1.82, 2.24) is 5.32 Å². The zero-order valence-electron chi connectivity index (χ0n) is 19.0. The van der Waals surface area contributed by atoms with Gasteiger partial charge in [-0.2, -0.15) is 10.2 Å². The largest absolute Gasteiger partial charge is 0.353 e. The number of halogens is 2. The summed E-state index contributed by atoms with van der Waals surface area (Å²) in [4.78, 5) is 13.3. The minimum absolute atomic E-state index is 0.0243. The third-order valence-corrected chi connectivity index (χ3v) is 7.61. The summed E-state index contributed by atoms with van der Waals surface area (Å²) in [5.74, 6) is -1.32. The molecule has 2 atom stereocenters. The summed E-state index contributed by atoms with van der Waals surface area (Å²) in [6.45, 7) is 10.4. The number of nitrogens with one attached hydrogen (secondary N) is 1. The van der Waals surface area contributed by atoms with E-state index in [1.54, 1.807) is 6.08 Å². The lowest BCUT2D eigenvalue weighted by Crippen LogP contribution is -2.49. The molecule has 2 saturated carbocycles. The molecule has 2 aliphatic carbocycles. The molecule has 3 rings (SSSR count). The number of hydrogen-bond donors (Lipinski definition) is 1. The van der Waals surface area contributed by atoms with Gasteiger partial charge >= 0.3 is 0 Å². The average Bonchev–Trinajstić information content (AvgIpc) is 3.28. The zero-order valence-corrected chi connectivity index (χ0v) is 19.0. The van der Waals surface area contributed by atoms with Crippen molar-refractivity contribution >= 4 is 11.6 Å². The first kappa shape index (κ1) is 23.3. The third-order valence-electron chi connectivity index (χ3n) is 7.61. The van der Waals surface area contributed by atoms with Gasteiger partial charge in [-0.1, -0.05) is 46.3 Å². The molecule has 0 radical (unpaired) electrons. The molecule has 4 nitrogen and oxygen atoms in total. The summed E-state index contributed by atoms with van der Waals surface area (Å²) >= 11 is 0. The van der Waals surface area contributed by atoms with Crippen LogP contribution in [0.1, 0.15) is 64.9 Å². The predicted octanol–water partition coefficient (Wildman–Crippen LogP) is 6.45. The SMILES string of the molecule is C=C(/C=C(\N=NC)c1c(F)cccc1F)[C@H]1CC[C@](C)(C(=O)NC2CCCC2)C1(C)C. The maximum atomic E-state index is 14.4. The smallest absolute Gasteiger partial charge is 0.226 e. The van der Waals surface area contributed by atoms with Crippen molar-refractivity contribution in [3.63, 3.8) is 0 Å². The second kappa shape index (κ2) is 9.01. The molecule has 1 amide bonds. The van der Waals surface area contributed by atoms with Crippen LogP contribution >= 0.6 is 0 Å². The highest BCUT2D eigenvalue weighted by Gasteiger charge is 2.56. The van der Waals surface area contributed by atoms with Crippen molar-refractivity contribution in [2.75, 3.05) is 7.05 Å². The van der Waals surface area contributed by atoms with E-state index in [0.717, 1.165) is 38.5 Å². The lowest BCUT2D eigenvalue weighted by molar-refractivity contribution is -0.136. The van der Waals surface area contributed by atoms with Gasteiger partial charge < -0.3 is 5.32 Å². The van der Waals surface area contributed by atoms with E-state index in [-0.39, 0.29) is 34.5 Å². The first-order valence-corrected chi connectivity index (χ1v) is 11.1. The fraction of sp³-hybridized carbons (Fsp3) is 0.560. The number of amides is 1. The Kier molecular flexibility index (Phi) is 6.77. The lowest BCUT2D eigenvalue weighted by atomic mass is 9.63. The van der Waals surface area contributed by atoms with E-state index in [4.69, 9.17) is 0 Å². The number of hydrogen-bond acceptors (Lipinski definition) is 3. The van der Waals surface area contributed by atoms with Crippen molar-refractivity contribution in [3.8, 4) is 0 Å². The molecule has 168 valence electrons. The molecule has 0 spiro atoms. The van der Waals surface area contributed by atoms with Gasteiger partial charge in [0.15, 0.2) is 0 Å². The molecule has 0 bridgehead atoms. The van der Waals surface area contributed by atoms with Gasteiger partial charge in [0, 0.05) is 13.1 Å². The predicted molar refractivity (Wildman–Crippen MR) is 119 cm³/mol. The van der Waals surface area contributed by atoms with E-state index in [2.05, 4.69) is 36.0 Å². The van der Waals surface area contributed by atoms with E-state index < -0.39 is 17.0 Å². The molecule has 0 unspecified atom stereocenters. The Balaban J connectivity index is 1.87. The van der Waals surface area contributed by atoms with Crippen LogP contribution in [0.4, 0.5) is 8.78 Å². The van der Waals surface area contributed by atoms with Gasteiger partial charge in [-0.25, -0.2) is 8.78 Å². The molecule has 1 aromatic rings. The topological polar surface area (TPSA) is 53.8 Å². The first-order chi connectivity index (χ1) is 14.6. The van der Waals surface area contributed by atoms with Crippen LogP contribution in [0.2, 0.25) is 0 Å². The summed E-state index contributed by atoms with van der Waals surface area (Å²) in [6, 6.07) is 3.98. The molecular formula is C25H33F2N3O. The van der Waals surface area contributed by atoms with Crippen LogP contribution in [0, 0.1) is 28.4 Å². The van der Waals surface area contributed by atoms with Crippen LogP contribution in [-0.4, -0.2) is 19.0 Å². The molecule has 0 saturated heterocycles. The maximum absolute atomic E-state index is 14.4. The standard InChI is InChI=1S/C25H33F2N3O/c1-16(15-21(30-28-5)22-19(26)11-8-12-20(22)27)18-13-14-25(4,24(18,2)3)23(31)29-17-9-6-7-10-17/h8,11-12,15,17-18H,1,6-7,9-10,13-14H2,2-5H3,(H,29,31)/b21-15-,30-28?/t18-,25-/m1/s1.